The maximum atomic E-state index is 13.0. The number of ketones is 1. The molecule has 8 heteroatoms. The number of fused-ring (bicyclic) bond motifs is 1. The van der Waals surface area contributed by atoms with Crippen molar-refractivity contribution in [1.29, 1.82) is 0 Å². The molecule has 164 valence electrons. The van der Waals surface area contributed by atoms with Gasteiger partial charge in [-0.15, -0.1) is 0 Å². The number of hydrogen-bond acceptors (Lipinski definition) is 4. The average molecular weight is 416 g/mol. The van der Waals surface area contributed by atoms with E-state index in [2.05, 4.69) is 20.9 Å². The molecule has 0 aliphatic rings. The van der Waals surface area contributed by atoms with Gasteiger partial charge in [0.05, 0.1) is 12.1 Å². The molecular formula is C22H33N5O3. The molecule has 8 nitrogen and oxygen atoms in total. The van der Waals surface area contributed by atoms with Gasteiger partial charge in [0, 0.05) is 29.6 Å². The minimum atomic E-state index is -0.599. The molecule has 0 fully saturated rings. The summed E-state index contributed by atoms with van der Waals surface area (Å²) >= 11 is 0. The first-order valence-corrected chi connectivity index (χ1v) is 10.5. The summed E-state index contributed by atoms with van der Waals surface area (Å²) in [5.41, 5.74) is 7.14. The molecule has 2 rings (SSSR count). The Hall–Kier alpha value is -2.87. The number of hydrogen-bond donors (Lipinski definition) is 5. The number of carbonyl (C=O) groups excluding carboxylic acids is 3. The Morgan fingerprint density at radius 1 is 1.17 bits per heavy atom. The first-order chi connectivity index (χ1) is 14.4. The molecule has 0 aliphatic carbocycles. The van der Waals surface area contributed by atoms with Gasteiger partial charge in [-0.1, -0.05) is 32.0 Å². The molecule has 0 bridgehead atoms. The molecule has 1 heterocycles. The number of carbonyl (C=O) groups is 3. The topological polar surface area (TPSA) is 129 Å². The number of nitrogens with one attached hydrogen (secondary N) is 4. The number of Topliss-reactive ketones (excluding diaryl/α,β-unsaturated/α-hetero) is 1. The predicted octanol–water partition coefficient (Wildman–Crippen LogP) is 1.85. The van der Waals surface area contributed by atoms with E-state index in [0.29, 0.717) is 32.2 Å². The fourth-order valence-electron chi connectivity index (χ4n) is 3.47. The maximum absolute atomic E-state index is 13.0. The van der Waals surface area contributed by atoms with Crippen molar-refractivity contribution in [2.24, 2.45) is 11.7 Å². The van der Waals surface area contributed by atoms with Gasteiger partial charge in [0.1, 0.15) is 0 Å². The van der Waals surface area contributed by atoms with E-state index in [1.165, 1.54) is 0 Å². The Morgan fingerprint density at radius 2 is 1.90 bits per heavy atom. The zero-order chi connectivity index (χ0) is 22.1. The molecule has 2 aromatic rings. The first-order valence-electron chi connectivity index (χ1n) is 10.5. The standard InChI is InChI=1S/C22H33N5O3/c1-4-14(2)20(28)18(10-7-11-25-22(23)30)27-21(29)19(24-3)12-15-13-26-17-9-6-5-8-16(15)17/h5-6,8-9,13-14,18-19,24,26H,4,7,10-12H2,1-3H3,(H,27,29)(H3,23,25,30)/t14?,18-,19-/m0/s1. The molecular weight excluding hydrogens is 382 g/mol. The summed E-state index contributed by atoms with van der Waals surface area (Å²) in [6.45, 7) is 4.18. The number of aromatic nitrogens is 1. The van der Waals surface area contributed by atoms with Gasteiger partial charge in [-0.25, -0.2) is 4.79 Å². The second-order valence-electron chi connectivity index (χ2n) is 7.61. The summed E-state index contributed by atoms with van der Waals surface area (Å²) < 4.78 is 0. The highest BCUT2D eigenvalue weighted by Gasteiger charge is 2.27. The zero-order valence-corrected chi connectivity index (χ0v) is 18.0. The molecule has 1 aromatic carbocycles. The molecule has 0 aliphatic heterocycles. The van der Waals surface area contributed by atoms with Crippen LogP contribution in [0.2, 0.25) is 0 Å². The Kier molecular flexibility index (Phi) is 8.86. The van der Waals surface area contributed by atoms with Crippen molar-refractivity contribution in [2.75, 3.05) is 13.6 Å². The number of nitrogens with two attached hydrogens (primary N) is 1. The lowest BCUT2D eigenvalue weighted by Gasteiger charge is -2.24. The molecule has 0 saturated heterocycles. The molecule has 3 amide bonds. The lowest BCUT2D eigenvalue weighted by molar-refractivity contribution is -0.130. The molecule has 6 N–H and O–H groups in total. The fourth-order valence-corrected chi connectivity index (χ4v) is 3.47. The Labute approximate surface area is 177 Å². The molecule has 0 spiro atoms. The number of likely N-dealkylation sites (N-methyl/N-ethyl adjacent to an activating group) is 1. The summed E-state index contributed by atoms with van der Waals surface area (Å²) in [4.78, 5) is 39.8. The SMILES string of the molecule is CCC(C)C(=O)[C@H](CCCNC(N)=O)NC(=O)[C@H](Cc1c[nH]c2ccccc12)NC. The highest BCUT2D eigenvalue weighted by atomic mass is 16.2. The van der Waals surface area contributed by atoms with E-state index in [9.17, 15) is 14.4 Å². The maximum Gasteiger partial charge on any atom is 0.312 e. The van der Waals surface area contributed by atoms with E-state index in [-0.39, 0.29) is 17.6 Å². The van der Waals surface area contributed by atoms with Crippen LogP contribution in [0.5, 0.6) is 0 Å². The summed E-state index contributed by atoms with van der Waals surface area (Å²) in [7, 11) is 1.74. The number of benzene rings is 1. The third-order valence-corrected chi connectivity index (χ3v) is 5.49. The number of aromatic amines is 1. The van der Waals surface area contributed by atoms with Crippen molar-refractivity contribution in [3.05, 3.63) is 36.0 Å². The van der Waals surface area contributed by atoms with Gasteiger partial charge < -0.3 is 26.7 Å². The Morgan fingerprint density at radius 3 is 2.57 bits per heavy atom. The van der Waals surface area contributed by atoms with Crippen molar-refractivity contribution in [2.45, 2.75) is 51.6 Å². The van der Waals surface area contributed by atoms with Crippen LogP contribution in [0, 0.1) is 5.92 Å². The number of amides is 3. The van der Waals surface area contributed by atoms with Crippen LogP contribution in [0.15, 0.2) is 30.5 Å². The number of urea groups is 1. The summed E-state index contributed by atoms with van der Waals surface area (Å²) in [5, 5.41) is 9.59. The van der Waals surface area contributed by atoms with Crippen LogP contribution < -0.4 is 21.7 Å². The Balaban J connectivity index is 2.06. The number of rotatable bonds is 12. The zero-order valence-electron chi connectivity index (χ0n) is 18.0. The molecule has 30 heavy (non-hydrogen) atoms. The normalized spacial score (nSPS) is 14.1. The minimum Gasteiger partial charge on any atom is -0.361 e. The fraction of sp³-hybridized carbons (Fsp3) is 0.500. The van der Waals surface area contributed by atoms with E-state index in [1.807, 2.05) is 44.3 Å². The minimum absolute atomic E-state index is 0.00636. The Bertz CT molecular complexity index is 863. The van der Waals surface area contributed by atoms with Crippen LogP contribution >= 0.6 is 0 Å². The van der Waals surface area contributed by atoms with Gasteiger partial charge in [0.15, 0.2) is 5.78 Å². The van der Waals surface area contributed by atoms with Crippen LogP contribution in [0.1, 0.15) is 38.7 Å². The molecule has 0 saturated carbocycles. The van der Waals surface area contributed by atoms with Crippen LogP contribution in [0.3, 0.4) is 0 Å². The quantitative estimate of drug-likeness (QED) is 0.339. The van der Waals surface area contributed by atoms with Gasteiger partial charge in [-0.05, 0) is 44.4 Å². The van der Waals surface area contributed by atoms with Gasteiger partial charge in [0.2, 0.25) is 5.91 Å². The summed E-state index contributed by atoms with van der Waals surface area (Å²) in [5.74, 6) is -0.361. The monoisotopic (exact) mass is 415 g/mol. The second-order valence-corrected chi connectivity index (χ2v) is 7.61. The smallest absolute Gasteiger partial charge is 0.312 e. The van der Waals surface area contributed by atoms with Gasteiger partial charge in [-0.2, -0.15) is 0 Å². The van der Waals surface area contributed by atoms with E-state index in [4.69, 9.17) is 5.73 Å². The van der Waals surface area contributed by atoms with Crippen molar-refractivity contribution in [3.8, 4) is 0 Å². The van der Waals surface area contributed by atoms with Crippen molar-refractivity contribution in [1.82, 2.24) is 20.9 Å². The van der Waals surface area contributed by atoms with Crippen LogP contribution in [-0.4, -0.2) is 48.4 Å². The van der Waals surface area contributed by atoms with Gasteiger partial charge in [-0.3, -0.25) is 9.59 Å². The molecule has 0 radical (unpaired) electrons. The lowest BCUT2D eigenvalue weighted by Crippen LogP contribution is -2.51. The third kappa shape index (κ3) is 6.32. The van der Waals surface area contributed by atoms with E-state index < -0.39 is 18.1 Å². The van der Waals surface area contributed by atoms with Crippen molar-refractivity contribution >= 4 is 28.6 Å². The largest absolute Gasteiger partial charge is 0.361 e. The third-order valence-electron chi connectivity index (χ3n) is 5.49. The summed E-state index contributed by atoms with van der Waals surface area (Å²) in [6.07, 6.45) is 4.11. The van der Waals surface area contributed by atoms with Gasteiger partial charge >= 0.3 is 6.03 Å². The van der Waals surface area contributed by atoms with Crippen LogP contribution in [0.4, 0.5) is 4.79 Å². The van der Waals surface area contributed by atoms with Crippen LogP contribution in [-0.2, 0) is 16.0 Å². The van der Waals surface area contributed by atoms with Crippen LogP contribution in [0.25, 0.3) is 10.9 Å². The number of H-pyrrole nitrogens is 1. The molecule has 3 atom stereocenters. The predicted molar refractivity (Wildman–Crippen MR) is 118 cm³/mol. The van der Waals surface area contributed by atoms with E-state index >= 15 is 0 Å². The molecule has 1 aromatic heterocycles. The average Bonchev–Trinajstić information content (AvgIpc) is 3.15. The van der Waals surface area contributed by atoms with Gasteiger partial charge in [0.25, 0.3) is 0 Å². The highest BCUT2D eigenvalue weighted by Crippen LogP contribution is 2.19. The van der Waals surface area contributed by atoms with E-state index in [1.54, 1.807) is 7.05 Å². The second kappa shape index (κ2) is 11.3. The van der Waals surface area contributed by atoms with Crippen molar-refractivity contribution in [3.63, 3.8) is 0 Å². The van der Waals surface area contributed by atoms with Crippen molar-refractivity contribution < 1.29 is 14.4 Å². The first kappa shape index (κ1) is 23.4. The lowest BCUT2D eigenvalue weighted by atomic mass is 9.94. The number of primary amides is 1. The summed E-state index contributed by atoms with van der Waals surface area (Å²) in [6, 6.07) is 6.28. The number of para-hydroxylation sites is 1. The molecule has 1 unspecified atom stereocenters. The van der Waals surface area contributed by atoms with E-state index in [0.717, 1.165) is 16.5 Å². The highest BCUT2D eigenvalue weighted by molar-refractivity contribution is 5.92.